The molecule has 0 saturated carbocycles. The second-order valence-corrected chi connectivity index (χ2v) is 5.10. The molecular formula is C10H8BrN7S. The van der Waals surface area contributed by atoms with Crippen molar-refractivity contribution in [2.45, 2.75) is 0 Å². The summed E-state index contributed by atoms with van der Waals surface area (Å²) in [6.07, 6.45) is 2.98. The summed E-state index contributed by atoms with van der Waals surface area (Å²) < 4.78 is 2.45. The Morgan fingerprint density at radius 3 is 2.79 bits per heavy atom. The lowest BCUT2D eigenvalue weighted by Gasteiger charge is -2.05. The molecule has 19 heavy (non-hydrogen) atoms. The van der Waals surface area contributed by atoms with Gasteiger partial charge in [0.05, 0.1) is 0 Å². The van der Waals surface area contributed by atoms with Gasteiger partial charge in [0.2, 0.25) is 5.95 Å². The van der Waals surface area contributed by atoms with E-state index in [4.69, 9.17) is 0 Å². The second kappa shape index (κ2) is 5.02. The lowest BCUT2D eigenvalue weighted by Crippen LogP contribution is -2.08. The van der Waals surface area contributed by atoms with Crippen LogP contribution in [0.5, 0.6) is 0 Å². The predicted octanol–water partition coefficient (Wildman–Crippen LogP) is 1.98. The Balaban J connectivity index is 2.16. The number of hydrogen-bond donors (Lipinski definition) is 1. The summed E-state index contributed by atoms with van der Waals surface area (Å²) in [5, 5.41) is 10.9. The summed E-state index contributed by atoms with van der Waals surface area (Å²) in [5.74, 6) is 1.48. The van der Waals surface area contributed by atoms with E-state index in [9.17, 15) is 0 Å². The first-order valence-corrected chi connectivity index (χ1v) is 7.02. The summed E-state index contributed by atoms with van der Waals surface area (Å²) in [4.78, 5) is 16.9. The number of aromatic nitrogens is 6. The highest BCUT2D eigenvalue weighted by Gasteiger charge is 2.12. The van der Waals surface area contributed by atoms with E-state index in [0.29, 0.717) is 17.7 Å². The van der Waals surface area contributed by atoms with E-state index in [1.807, 2.05) is 10.8 Å². The van der Waals surface area contributed by atoms with Gasteiger partial charge in [-0.05, 0) is 15.9 Å². The fourth-order valence-electron chi connectivity index (χ4n) is 1.45. The monoisotopic (exact) mass is 337 g/mol. The molecule has 0 aliphatic carbocycles. The first kappa shape index (κ1) is 12.2. The second-order valence-electron chi connectivity index (χ2n) is 3.51. The molecule has 9 heteroatoms. The minimum absolute atomic E-state index is 0.421. The molecule has 0 amide bonds. The van der Waals surface area contributed by atoms with Crippen molar-refractivity contribution < 1.29 is 0 Å². The Hall–Kier alpha value is -1.87. The minimum Gasteiger partial charge on any atom is -0.357 e. The van der Waals surface area contributed by atoms with Gasteiger partial charge < -0.3 is 5.32 Å². The molecule has 3 aromatic heterocycles. The van der Waals surface area contributed by atoms with Gasteiger partial charge in [-0.25, -0.2) is 4.98 Å². The molecular weight excluding hydrogens is 330 g/mol. The van der Waals surface area contributed by atoms with Crippen molar-refractivity contribution in [3.63, 3.8) is 0 Å². The molecule has 0 atom stereocenters. The molecule has 0 saturated heterocycles. The van der Waals surface area contributed by atoms with Crippen LogP contribution < -0.4 is 5.32 Å². The molecule has 0 aliphatic rings. The molecule has 96 valence electrons. The zero-order chi connectivity index (χ0) is 13.2. The Labute approximate surface area is 120 Å². The molecule has 0 bridgehead atoms. The van der Waals surface area contributed by atoms with E-state index in [1.54, 1.807) is 24.7 Å². The van der Waals surface area contributed by atoms with Crippen LogP contribution in [0.3, 0.4) is 0 Å². The van der Waals surface area contributed by atoms with Crippen LogP contribution in [0.25, 0.3) is 17.3 Å². The minimum atomic E-state index is 0.421. The van der Waals surface area contributed by atoms with Crippen LogP contribution in [0.1, 0.15) is 0 Å². The van der Waals surface area contributed by atoms with Crippen molar-refractivity contribution in [1.29, 1.82) is 0 Å². The van der Waals surface area contributed by atoms with Crippen LogP contribution in [-0.2, 0) is 0 Å². The van der Waals surface area contributed by atoms with Crippen LogP contribution in [0.2, 0.25) is 0 Å². The van der Waals surface area contributed by atoms with E-state index in [-0.39, 0.29) is 0 Å². The Morgan fingerprint density at radius 1 is 1.26 bits per heavy atom. The highest BCUT2D eigenvalue weighted by atomic mass is 79.9. The number of rotatable bonds is 3. The number of thiophene rings is 1. The maximum atomic E-state index is 4.40. The summed E-state index contributed by atoms with van der Waals surface area (Å²) in [6.45, 7) is 0. The van der Waals surface area contributed by atoms with E-state index < -0.39 is 0 Å². The third-order valence-corrected chi connectivity index (χ3v) is 4.03. The normalized spacial score (nSPS) is 10.6. The summed E-state index contributed by atoms with van der Waals surface area (Å²) >= 11 is 5.05. The third kappa shape index (κ3) is 2.34. The summed E-state index contributed by atoms with van der Waals surface area (Å²) in [7, 11) is 1.76. The molecule has 3 heterocycles. The maximum Gasteiger partial charge on any atom is 0.257 e. The average molecular weight is 338 g/mol. The van der Waals surface area contributed by atoms with Gasteiger partial charge in [0.15, 0.2) is 5.82 Å². The van der Waals surface area contributed by atoms with Gasteiger partial charge in [0.25, 0.3) is 5.95 Å². The number of nitrogens with one attached hydrogen (secondary N) is 1. The largest absolute Gasteiger partial charge is 0.357 e. The van der Waals surface area contributed by atoms with Crippen molar-refractivity contribution in [2.75, 3.05) is 12.4 Å². The smallest absolute Gasteiger partial charge is 0.257 e. The first-order chi connectivity index (χ1) is 9.28. The van der Waals surface area contributed by atoms with Gasteiger partial charge in [0.1, 0.15) is 12.7 Å². The van der Waals surface area contributed by atoms with Gasteiger partial charge in [-0.15, -0.1) is 0 Å². The van der Waals surface area contributed by atoms with Crippen LogP contribution in [-0.4, -0.2) is 36.8 Å². The first-order valence-electron chi connectivity index (χ1n) is 5.29. The molecule has 0 spiro atoms. The van der Waals surface area contributed by atoms with Gasteiger partial charge in [-0.2, -0.15) is 36.1 Å². The van der Waals surface area contributed by atoms with E-state index in [2.05, 4.69) is 46.3 Å². The number of anilines is 1. The fraction of sp³-hybridized carbons (Fsp3) is 0.100. The molecule has 0 aromatic carbocycles. The number of hydrogen-bond acceptors (Lipinski definition) is 7. The van der Waals surface area contributed by atoms with Crippen molar-refractivity contribution in [3.05, 3.63) is 27.9 Å². The van der Waals surface area contributed by atoms with Crippen LogP contribution in [0.4, 0.5) is 5.95 Å². The molecule has 3 aromatic rings. The molecule has 0 unspecified atom stereocenters. The lowest BCUT2D eigenvalue weighted by molar-refractivity contribution is 0.798. The van der Waals surface area contributed by atoms with Crippen molar-refractivity contribution in [3.8, 4) is 17.3 Å². The highest BCUT2D eigenvalue weighted by molar-refractivity contribution is 9.10. The maximum absolute atomic E-state index is 4.40. The standard InChI is InChI=1S/C10H8BrN7S/c1-12-9-15-8(6-2-19-3-7(6)11)16-10(17-9)18-5-13-4-14-18/h2-5H,1H3,(H,12,15,16,17). The Kier molecular flexibility index (Phi) is 3.22. The van der Waals surface area contributed by atoms with E-state index in [1.165, 1.54) is 11.0 Å². The topological polar surface area (TPSA) is 81.4 Å². The van der Waals surface area contributed by atoms with Gasteiger partial charge in [-0.1, -0.05) is 0 Å². The average Bonchev–Trinajstić information content (AvgIpc) is 3.09. The van der Waals surface area contributed by atoms with Crippen molar-refractivity contribution in [1.82, 2.24) is 29.7 Å². The third-order valence-electron chi connectivity index (χ3n) is 2.33. The lowest BCUT2D eigenvalue weighted by atomic mass is 10.3. The SMILES string of the molecule is CNc1nc(-c2cscc2Br)nc(-n2cncn2)n1. The van der Waals surface area contributed by atoms with Gasteiger partial charge >= 0.3 is 0 Å². The zero-order valence-electron chi connectivity index (χ0n) is 9.78. The number of nitrogens with zero attached hydrogens (tertiary/aromatic N) is 6. The molecule has 7 nitrogen and oxygen atoms in total. The molecule has 3 rings (SSSR count). The van der Waals surface area contributed by atoms with E-state index in [0.717, 1.165) is 10.0 Å². The zero-order valence-corrected chi connectivity index (χ0v) is 12.2. The van der Waals surface area contributed by atoms with Crippen LogP contribution in [0.15, 0.2) is 27.9 Å². The quantitative estimate of drug-likeness (QED) is 0.787. The van der Waals surface area contributed by atoms with Crippen LogP contribution >= 0.6 is 27.3 Å². The Bertz CT molecular complexity index is 694. The summed E-state index contributed by atoms with van der Waals surface area (Å²) in [5.41, 5.74) is 0.922. The predicted molar refractivity (Wildman–Crippen MR) is 75.3 cm³/mol. The molecule has 0 radical (unpaired) electrons. The van der Waals surface area contributed by atoms with Gasteiger partial charge in [0, 0.05) is 27.8 Å². The van der Waals surface area contributed by atoms with E-state index >= 15 is 0 Å². The molecule has 0 aliphatic heterocycles. The number of halogens is 1. The van der Waals surface area contributed by atoms with Gasteiger partial charge in [-0.3, -0.25) is 0 Å². The fourth-order valence-corrected chi connectivity index (χ4v) is 2.90. The molecule has 1 N–H and O–H groups in total. The molecule has 0 fully saturated rings. The van der Waals surface area contributed by atoms with Crippen molar-refractivity contribution >= 4 is 33.2 Å². The highest BCUT2D eigenvalue weighted by Crippen LogP contribution is 2.29. The van der Waals surface area contributed by atoms with Crippen molar-refractivity contribution in [2.24, 2.45) is 0 Å². The van der Waals surface area contributed by atoms with Crippen LogP contribution in [0, 0.1) is 0 Å². The summed E-state index contributed by atoms with van der Waals surface area (Å²) in [6, 6.07) is 0. The Morgan fingerprint density at radius 2 is 2.16 bits per heavy atom.